The first-order chi connectivity index (χ1) is 8.13. The van der Waals surface area contributed by atoms with Crippen LogP contribution >= 0.6 is 0 Å². The van der Waals surface area contributed by atoms with E-state index < -0.39 is 0 Å². The van der Waals surface area contributed by atoms with Crippen molar-refractivity contribution in [3.8, 4) is 0 Å². The molecule has 2 unspecified atom stereocenters. The first kappa shape index (κ1) is 12.1. The summed E-state index contributed by atoms with van der Waals surface area (Å²) in [4.78, 5) is 0. The summed E-state index contributed by atoms with van der Waals surface area (Å²) < 4.78 is 5.73. The number of nitrogens with two attached hydrogens (primary N) is 1. The molecule has 0 bridgehead atoms. The minimum absolute atomic E-state index is 0.152. The summed E-state index contributed by atoms with van der Waals surface area (Å²) in [5.74, 6) is 1.06. The van der Waals surface area contributed by atoms with Crippen LogP contribution in [0, 0.1) is 6.92 Å². The summed E-state index contributed by atoms with van der Waals surface area (Å²) in [7, 11) is 0. The summed E-state index contributed by atoms with van der Waals surface area (Å²) in [6.07, 6.45) is 0.317. The highest BCUT2D eigenvalue weighted by molar-refractivity contribution is 5.82. The summed E-state index contributed by atoms with van der Waals surface area (Å²) in [6, 6.07) is 7.96. The smallest absolute Gasteiger partial charge is 0.134 e. The Labute approximate surface area is 101 Å². The number of aliphatic hydroxyl groups excluding tert-OH is 1. The van der Waals surface area contributed by atoms with Crippen LogP contribution in [0.25, 0.3) is 11.0 Å². The van der Waals surface area contributed by atoms with E-state index >= 15 is 0 Å². The fourth-order valence-corrected chi connectivity index (χ4v) is 2.44. The zero-order valence-corrected chi connectivity index (χ0v) is 10.3. The predicted octanol–water partition coefficient (Wildman–Crippen LogP) is 2.55. The molecule has 2 aromatic rings. The van der Waals surface area contributed by atoms with Gasteiger partial charge in [0, 0.05) is 16.9 Å². The van der Waals surface area contributed by atoms with Gasteiger partial charge in [0.2, 0.25) is 0 Å². The van der Waals surface area contributed by atoms with Crippen LogP contribution in [-0.4, -0.2) is 17.8 Å². The molecule has 2 atom stereocenters. The van der Waals surface area contributed by atoms with E-state index in [1.165, 1.54) is 0 Å². The molecule has 0 saturated carbocycles. The van der Waals surface area contributed by atoms with E-state index in [2.05, 4.69) is 0 Å². The van der Waals surface area contributed by atoms with Gasteiger partial charge in [-0.2, -0.15) is 0 Å². The van der Waals surface area contributed by atoms with Gasteiger partial charge in [-0.1, -0.05) is 18.2 Å². The van der Waals surface area contributed by atoms with Crippen LogP contribution in [0.5, 0.6) is 0 Å². The molecule has 17 heavy (non-hydrogen) atoms. The average Bonchev–Trinajstić information content (AvgIpc) is 2.62. The molecular weight excluding hydrogens is 214 g/mol. The van der Waals surface area contributed by atoms with Crippen molar-refractivity contribution in [1.82, 2.24) is 0 Å². The zero-order valence-electron chi connectivity index (χ0n) is 10.3. The molecule has 1 aromatic carbocycles. The van der Waals surface area contributed by atoms with Gasteiger partial charge >= 0.3 is 0 Å². The van der Waals surface area contributed by atoms with Crippen molar-refractivity contribution in [2.45, 2.75) is 32.3 Å². The van der Waals surface area contributed by atoms with E-state index in [-0.39, 0.29) is 12.0 Å². The molecule has 0 aliphatic heterocycles. The zero-order chi connectivity index (χ0) is 12.4. The Balaban J connectivity index is 2.48. The molecule has 0 aliphatic rings. The first-order valence-corrected chi connectivity index (χ1v) is 5.99. The van der Waals surface area contributed by atoms with Crippen molar-refractivity contribution in [2.24, 2.45) is 5.73 Å². The molecule has 0 spiro atoms. The Morgan fingerprint density at radius 2 is 2.06 bits per heavy atom. The minimum Gasteiger partial charge on any atom is -0.461 e. The maximum atomic E-state index is 9.53. The summed E-state index contributed by atoms with van der Waals surface area (Å²) in [6.45, 7) is 4.27. The molecule has 92 valence electrons. The number of aliphatic hydroxyl groups is 1. The molecule has 2 rings (SSSR count). The third kappa shape index (κ3) is 2.35. The van der Waals surface area contributed by atoms with Crippen LogP contribution in [0.2, 0.25) is 0 Å². The number of aryl methyl sites for hydroxylation is 1. The van der Waals surface area contributed by atoms with E-state index in [1.54, 1.807) is 6.92 Å². The summed E-state index contributed by atoms with van der Waals surface area (Å²) in [5.41, 5.74) is 7.85. The lowest BCUT2D eigenvalue weighted by atomic mass is 9.91. The molecule has 0 aliphatic carbocycles. The third-order valence-electron chi connectivity index (χ3n) is 3.14. The van der Waals surface area contributed by atoms with Crippen molar-refractivity contribution >= 4 is 11.0 Å². The van der Waals surface area contributed by atoms with E-state index in [1.807, 2.05) is 31.2 Å². The number of fused-ring (bicyclic) bond motifs is 1. The van der Waals surface area contributed by atoms with Gasteiger partial charge in [0.1, 0.15) is 11.3 Å². The van der Waals surface area contributed by atoms with E-state index in [9.17, 15) is 5.11 Å². The predicted molar refractivity (Wildman–Crippen MR) is 69.0 cm³/mol. The van der Waals surface area contributed by atoms with Gasteiger partial charge in [-0.3, -0.25) is 0 Å². The lowest BCUT2D eigenvalue weighted by Gasteiger charge is -2.16. The Morgan fingerprint density at radius 1 is 1.35 bits per heavy atom. The highest BCUT2D eigenvalue weighted by Crippen LogP contribution is 2.33. The second-order valence-corrected chi connectivity index (χ2v) is 4.59. The number of hydrogen-bond donors (Lipinski definition) is 2. The molecule has 3 N–H and O–H groups in total. The van der Waals surface area contributed by atoms with Crippen molar-refractivity contribution < 1.29 is 9.52 Å². The SMILES string of the molecule is Cc1oc2ccccc2c1C(CN)CC(C)O. The molecule has 1 heterocycles. The Hall–Kier alpha value is -1.32. The fourth-order valence-electron chi connectivity index (χ4n) is 2.44. The number of hydrogen-bond acceptors (Lipinski definition) is 3. The second-order valence-electron chi connectivity index (χ2n) is 4.59. The van der Waals surface area contributed by atoms with Gasteiger partial charge in [0.15, 0.2) is 0 Å². The third-order valence-corrected chi connectivity index (χ3v) is 3.14. The van der Waals surface area contributed by atoms with Crippen molar-refractivity contribution in [1.29, 1.82) is 0 Å². The maximum Gasteiger partial charge on any atom is 0.134 e. The monoisotopic (exact) mass is 233 g/mol. The molecular formula is C14H19NO2. The van der Waals surface area contributed by atoms with Gasteiger partial charge in [0.05, 0.1) is 6.10 Å². The molecule has 1 aromatic heterocycles. The molecule has 0 saturated heterocycles. The van der Waals surface area contributed by atoms with Crippen LogP contribution in [0.15, 0.2) is 28.7 Å². The normalized spacial score (nSPS) is 15.1. The molecule has 3 nitrogen and oxygen atoms in total. The van der Waals surface area contributed by atoms with Gasteiger partial charge in [0.25, 0.3) is 0 Å². The Kier molecular flexibility index (Phi) is 3.50. The lowest BCUT2D eigenvalue weighted by Crippen LogP contribution is -2.17. The van der Waals surface area contributed by atoms with Gasteiger partial charge in [-0.15, -0.1) is 0 Å². The van der Waals surface area contributed by atoms with E-state index in [4.69, 9.17) is 10.2 Å². The van der Waals surface area contributed by atoms with E-state index in [0.29, 0.717) is 13.0 Å². The van der Waals surface area contributed by atoms with Crippen molar-refractivity contribution in [3.63, 3.8) is 0 Å². The Morgan fingerprint density at radius 3 is 2.71 bits per heavy atom. The second kappa shape index (κ2) is 4.90. The van der Waals surface area contributed by atoms with Crippen LogP contribution in [-0.2, 0) is 0 Å². The minimum atomic E-state index is -0.350. The van der Waals surface area contributed by atoms with Crippen molar-refractivity contribution in [3.05, 3.63) is 35.6 Å². The number of benzene rings is 1. The number of furan rings is 1. The Bertz CT molecular complexity index is 502. The highest BCUT2D eigenvalue weighted by Gasteiger charge is 2.20. The molecule has 0 amide bonds. The fraction of sp³-hybridized carbons (Fsp3) is 0.429. The van der Waals surface area contributed by atoms with E-state index in [0.717, 1.165) is 22.3 Å². The van der Waals surface area contributed by atoms with Crippen LogP contribution < -0.4 is 5.73 Å². The maximum absolute atomic E-state index is 9.53. The number of para-hydroxylation sites is 1. The topological polar surface area (TPSA) is 59.4 Å². The van der Waals surface area contributed by atoms with Crippen LogP contribution in [0.1, 0.15) is 30.6 Å². The summed E-state index contributed by atoms with van der Waals surface area (Å²) in [5, 5.41) is 10.6. The van der Waals surface area contributed by atoms with Crippen molar-refractivity contribution in [2.75, 3.05) is 6.54 Å². The average molecular weight is 233 g/mol. The largest absolute Gasteiger partial charge is 0.461 e. The van der Waals surface area contributed by atoms with Gasteiger partial charge < -0.3 is 15.3 Å². The first-order valence-electron chi connectivity index (χ1n) is 5.99. The summed E-state index contributed by atoms with van der Waals surface area (Å²) >= 11 is 0. The van der Waals surface area contributed by atoms with Gasteiger partial charge in [-0.05, 0) is 32.9 Å². The van der Waals surface area contributed by atoms with Crippen LogP contribution in [0.4, 0.5) is 0 Å². The molecule has 0 radical (unpaired) electrons. The molecule has 0 fully saturated rings. The quantitative estimate of drug-likeness (QED) is 0.853. The highest BCUT2D eigenvalue weighted by atomic mass is 16.3. The lowest BCUT2D eigenvalue weighted by molar-refractivity contribution is 0.175. The van der Waals surface area contributed by atoms with Gasteiger partial charge in [-0.25, -0.2) is 0 Å². The number of rotatable bonds is 4. The standard InChI is InChI=1S/C14H19NO2/c1-9(16)7-11(8-15)14-10(2)17-13-6-4-3-5-12(13)14/h3-6,9,11,16H,7-8,15H2,1-2H3. The van der Waals surface area contributed by atoms with Crippen LogP contribution in [0.3, 0.4) is 0 Å². The molecule has 3 heteroatoms.